The SMILES string of the molecule is Cc1ccc(C(O)C(N)CO)cc1Br. The van der Waals surface area contributed by atoms with E-state index in [1.54, 1.807) is 6.07 Å². The first-order valence-electron chi connectivity index (χ1n) is 4.37. The van der Waals surface area contributed by atoms with Crippen LogP contribution in [0.5, 0.6) is 0 Å². The molecule has 0 aliphatic carbocycles. The van der Waals surface area contributed by atoms with Gasteiger partial charge in [0.2, 0.25) is 0 Å². The minimum Gasteiger partial charge on any atom is -0.395 e. The van der Waals surface area contributed by atoms with Crippen LogP contribution in [0.2, 0.25) is 0 Å². The zero-order valence-corrected chi connectivity index (χ0v) is 9.53. The molecule has 0 saturated carbocycles. The third-order valence-electron chi connectivity index (χ3n) is 2.15. The maximum Gasteiger partial charge on any atom is 0.0963 e. The Morgan fingerprint density at radius 1 is 1.50 bits per heavy atom. The van der Waals surface area contributed by atoms with Crippen molar-refractivity contribution in [3.05, 3.63) is 33.8 Å². The zero-order valence-electron chi connectivity index (χ0n) is 7.94. The van der Waals surface area contributed by atoms with Gasteiger partial charge >= 0.3 is 0 Å². The van der Waals surface area contributed by atoms with Gasteiger partial charge in [-0.1, -0.05) is 28.1 Å². The van der Waals surface area contributed by atoms with E-state index in [-0.39, 0.29) is 6.61 Å². The Labute approximate surface area is 91.7 Å². The molecule has 0 bridgehead atoms. The standard InChI is InChI=1S/C10H14BrNO2/c1-6-2-3-7(4-8(6)11)10(14)9(12)5-13/h2-4,9-10,13-14H,5,12H2,1H3. The summed E-state index contributed by atoms with van der Waals surface area (Å²) < 4.78 is 0.930. The van der Waals surface area contributed by atoms with Crippen molar-refractivity contribution in [3.8, 4) is 0 Å². The van der Waals surface area contributed by atoms with Crippen LogP contribution in [0.25, 0.3) is 0 Å². The quantitative estimate of drug-likeness (QED) is 0.762. The third-order valence-corrected chi connectivity index (χ3v) is 3.01. The molecule has 0 aromatic heterocycles. The molecule has 4 heteroatoms. The van der Waals surface area contributed by atoms with Crippen molar-refractivity contribution in [2.45, 2.75) is 19.1 Å². The van der Waals surface area contributed by atoms with Gasteiger partial charge in [-0.25, -0.2) is 0 Å². The Balaban J connectivity index is 2.91. The molecule has 0 aliphatic heterocycles. The first kappa shape index (κ1) is 11.7. The second kappa shape index (κ2) is 4.89. The Hall–Kier alpha value is -0.420. The number of aliphatic hydroxyl groups is 2. The normalized spacial score (nSPS) is 15.2. The molecule has 2 unspecified atom stereocenters. The molecular formula is C10H14BrNO2. The van der Waals surface area contributed by atoms with Crippen molar-refractivity contribution in [2.75, 3.05) is 6.61 Å². The lowest BCUT2D eigenvalue weighted by molar-refractivity contribution is 0.109. The van der Waals surface area contributed by atoms with Crippen LogP contribution in [-0.2, 0) is 0 Å². The summed E-state index contributed by atoms with van der Waals surface area (Å²) in [7, 11) is 0. The highest BCUT2D eigenvalue weighted by Crippen LogP contribution is 2.22. The van der Waals surface area contributed by atoms with Gasteiger partial charge in [0.1, 0.15) is 0 Å². The number of halogens is 1. The van der Waals surface area contributed by atoms with Crippen LogP contribution < -0.4 is 5.73 Å². The summed E-state index contributed by atoms with van der Waals surface area (Å²) in [6, 6.07) is 4.88. The largest absolute Gasteiger partial charge is 0.395 e. The van der Waals surface area contributed by atoms with E-state index in [0.717, 1.165) is 10.0 Å². The highest BCUT2D eigenvalue weighted by atomic mass is 79.9. The number of nitrogens with two attached hydrogens (primary N) is 1. The van der Waals surface area contributed by atoms with Crippen LogP contribution >= 0.6 is 15.9 Å². The van der Waals surface area contributed by atoms with Gasteiger partial charge in [0, 0.05) is 4.47 Å². The Kier molecular flexibility index (Phi) is 4.07. The molecule has 14 heavy (non-hydrogen) atoms. The lowest BCUT2D eigenvalue weighted by atomic mass is 10.0. The van der Waals surface area contributed by atoms with Crippen molar-refractivity contribution in [2.24, 2.45) is 5.73 Å². The van der Waals surface area contributed by atoms with Crippen molar-refractivity contribution in [1.82, 2.24) is 0 Å². The van der Waals surface area contributed by atoms with E-state index in [0.29, 0.717) is 5.56 Å². The molecule has 0 spiro atoms. The minimum atomic E-state index is -0.822. The second-order valence-electron chi connectivity index (χ2n) is 3.30. The maximum absolute atomic E-state index is 9.70. The third kappa shape index (κ3) is 2.54. The summed E-state index contributed by atoms with van der Waals surface area (Å²) in [4.78, 5) is 0. The number of aliphatic hydroxyl groups excluding tert-OH is 2. The number of rotatable bonds is 3. The number of hydrogen-bond donors (Lipinski definition) is 3. The van der Waals surface area contributed by atoms with Gasteiger partial charge in [-0.15, -0.1) is 0 Å². The predicted molar refractivity (Wildman–Crippen MR) is 58.9 cm³/mol. The average Bonchev–Trinajstić information content (AvgIpc) is 2.20. The van der Waals surface area contributed by atoms with Crippen LogP contribution in [0, 0.1) is 6.92 Å². The molecule has 0 amide bonds. The van der Waals surface area contributed by atoms with Gasteiger partial charge in [0.25, 0.3) is 0 Å². The van der Waals surface area contributed by atoms with Crippen molar-refractivity contribution in [1.29, 1.82) is 0 Å². The van der Waals surface area contributed by atoms with E-state index in [9.17, 15) is 5.11 Å². The number of benzene rings is 1. The summed E-state index contributed by atoms with van der Waals surface area (Å²) in [5, 5.41) is 18.5. The molecule has 1 aromatic carbocycles. The Bertz CT molecular complexity index is 317. The number of hydrogen-bond acceptors (Lipinski definition) is 3. The predicted octanol–water partition coefficient (Wildman–Crippen LogP) is 1.11. The molecular weight excluding hydrogens is 246 g/mol. The topological polar surface area (TPSA) is 66.5 Å². The van der Waals surface area contributed by atoms with Gasteiger partial charge in [0.05, 0.1) is 18.8 Å². The summed E-state index contributed by atoms with van der Waals surface area (Å²) >= 11 is 3.37. The molecule has 0 radical (unpaired) electrons. The van der Waals surface area contributed by atoms with E-state index in [1.807, 2.05) is 19.1 Å². The fraction of sp³-hybridized carbons (Fsp3) is 0.400. The Morgan fingerprint density at radius 2 is 2.14 bits per heavy atom. The second-order valence-corrected chi connectivity index (χ2v) is 4.15. The first-order valence-corrected chi connectivity index (χ1v) is 5.16. The summed E-state index contributed by atoms with van der Waals surface area (Å²) in [6.45, 7) is 1.73. The van der Waals surface area contributed by atoms with Crippen molar-refractivity contribution >= 4 is 15.9 Å². The fourth-order valence-corrected chi connectivity index (χ4v) is 1.54. The van der Waals surface area contributed by atoms with E-state index in [1.165, 1.54) is 0 Å². The molecule has 1 rings (SSSR count). The van der Waals surface area contributed by atoms with E-state index < -0.39 is 12.1 Å². The molecule has 2 atom stereocenters. The molecule has 3 nitrogen and oxygen atoms in total. The van der Waals surface area contributed by atoms with Crippen LogP contribution in [0.15, 0.2) is 22.7 Å². The molecule has 1 aromatic rings. The van der Waals surface area contributed by atoms with E-state index in [4.69, 9.17) is 10.8 Å². The van der Waals surface area contributed by atoms with Crippen LogP contribution in [0.3, 0.4) is 0 Å². The number of aryl methyl sites for hydroxylation is 1. The summed E-state index contributed by atoms with van der Waals surface area (Å²) in [5.41, 5.74) is 7.33. The highest BCUT2D eigenvalue weighted by molar-refractivity contribution is 9.10. The molecule has 0 fully saturated rings. The van der Waals surface area contributed by atoms with Gasteiger partial charge < -0.3 is 15.9 Å². The van der Waals surface area contributed by atoms with Crippen LogP contribution in [0.4, 0.5) is 0 Å². The maximum atomic E-state index is 9.70. The van der Waals surface area contributed by atoms with Crippen LogP contribution in [-0.4, -0.2) is 22.9 Å². The van der Waals surface area contributed by atoms with Crippen LogP contribution in [0.1, 0.15) is 17.2 Å². The minimum absolute atomic E-state index is 0.230. The average molecular weight is 260 g/mol. The van der Waals surface area contributed by atoms with E-state index >= 15 is 0 Å². The summed E-state index contributed by atoms with van der Waals surface area (Å²) in [5.74, 6) is 0. The zero-order chi connectivity index (χ0) is 10.7. The van der Waals surface area contributed by atoms with Gasteiger partial charge in [-0.3, -0.25) is 0 Å². The van der Waals surface area contributed by atoms with Crippen molar-refractivity contribution < 1.29 is 10.2 Å². The van der Waals surface area contributed by atoms with Gasteiger partial charge in [-0.05, 0) is 24.1 Å². The monoisotopic (exact) mass is 259 g/mol. The first-order chi connectivity index (χ1) is 6.56. The van der Waals surface area contributed by atoms with Crippen molar-refractivity contribution in [3.63, 3.8) is 0 Å². The molecule has 0 saturated heterocycles. The molecule has 78 valence electrons. The van der Waals surface area contributed by atoms with Gasteiger partial charge in [0.15, 0.2) is 0 Å². The lowest BCUT2D eigenvalue weighted by Gasteiger charge is -2.17. The molecule has 0 heterocycles. The highest BCUT2D eigenvalue weighted by Gasteiger charge is 2.16. The van der Waals surface area contributed by atoms with Gasteiger partial charge in [-0.2, -0.15) is 0 Å². The summed E-state index contributed by atoms with van der Waals surface area (Å²) in [6.07, 6.45) is -0.822. The smallest absolute Gasteiger partial charge is 0.0963 e. The van der Waals surface area contributed by atoms with E-state index in [2.05, 4.69) is 15.9 Å². The molecule has 0 aliphatic rings. The lowest BCUT2D eigenvalue weighted by Crippen LogP contribution is -2.31. The fourth-order valence-electron chi connectivity index (χ4n) is 1.14. The molecule has 4 N–H and O–H groups in total. The Morgan fingerprint density at radius 3 is 2.64 bits per heavy atom.